The Morgan fingerprint density at radius 1 is 0.690 bits per heavy atom. The summed E-state index contributed by atoms with van der Waals surface area (Å²) >= 11 is 0. The molecule has 3 rings (SSSR count). The van der Waals surface area contributed by atoms with Crippen molar-refractivity contribution in [2.24, 2.45) is 0 Å². The Bertz CT molecular complexity index is 1050. The van der Waals surface area contributed by atoms with Crippen molar-refractivity contribution in [1.82, 2.24) is 0 Å². The van der Waals surface area contributed by atoms with Crippen LogP contribution in [0.25, 0.3) is 22.3 Å². The summed E-state index contributed by atoms with van der Waals surface area (Å²) in [5.74, 6) is 0.877. The number of ether oxygens (including phenoxy) is 1. The third-order valence-electron chi connectivity index (χ3n) is 4.89. The Kier molecular flexibility index (Phi) is 6.67. The number of nitrogens with zero attached hydrogens (tertiary/aromatic N) is 2. The number of nitriles is 2. The van der Waals surface area contributed by atoms with Crippen molar-refractivity contribution in [3.63, 3.8) is 0 Å². The van der Waals surface area contributed by atoms with E-state index in [0.717, 1.165) is 59.4 Å². The number of rotatable bonds is 7. The van der Waals surface area contributed by atoms with Gasteiger partial charge in [0.15, 0.2) is 0 Å². The molecule has 0 saturated carbocycles. The Hall–Kier alpha value is -3.56. The minimum atomic E-state index is 0.462. The van der Waals surface area contributed by atoms with E-state index < -0.39 is 0 Å². The molecule has 0 heterocycles. The minimum Gasteiger partial charge on any atom is -0.494 e. The molecule has 0 unspecified atom stereocenters. The highest BCUT2D eigenvalue weighted by atomic mass is 16.5. The summed E-state index contributed by atoms with van der Waals surface area (Å²) in [5, 5.41) is 19.3. The molecule has 0 radical (unpaired) electrons. The van der Waals surface area contributed by atoms with Gasteiger partial charge in [-0.05, 0) is 47.2 Å². The van der Waals surface area contributed by atoms with Crippen LogP contribution >= 0.6 is 0 Å². The highest BCUT2D eigenvalue weighted by Crippen LogP contribution is 2.31. The molecule has 0 aliphatic rings. The van der Waals surface area contributed by atoms with Gasteiger partial charge in [0.2, 0.25) is 0 Å². The molecule has 0 spiro atoms. The maximum atomic E-state index is 9.69. The van der Waals surface area contributed by atoms with E-state index in [4.69, 9.17) is 4.74 Å². The van der Waals surface area contributed by atoms with E-state index in [1.54, 1.807) is 0 Å². The van der Waals surface area contributed by atoms with Crippen LogP contribution in [-0.2, 0) is 6.42 Å². The summed E-state index contributed by atoms with van der Waals surface area (Å²) in [4.78, 5) is 0. The zero-order valence-corrected chi connectivity index (χ0v) is 16.9. The van der Waals surface area contributed by atoms with Crippen molar-refractivity contribution in [2.45, 2.75) is 33.1 Å². The molecule has 0 bridgehead atoms. The molecule has 0 aromatic heterocycles. The second-order valence-electron chi connectivity index (χ2n) is 6.95. The first-order valence-corrected chi connectivity index (χ1v) is 10.0. The van der Waals surface area contributed by atoms with Gasteiger partial charge in [-0.3, -0.25) is 0 Å². The lowest BCUT2D eigenvalue weighted by Crippen LogP contribution is -1.97. The van der Waals surface area contributed by atoms with Gasteiger partial charge in [0, 0.05) is 5.56 Å². The fraction of sp³-hybridized carbons (Fsp3) is 0.231. The van der Waals surface area contributed by atoms with Crippen LogP contribution in [0.4, 0.5) is 0 Å². The Morgan fingerprint density at radius 2 is 1.28 bits per heavy atom. The lowest BCUT2D eigenvalue weighted by Gasteiger charge is -2.11. The van der Waals surface area contributed by atoms with Gasteiger partial charge in [-0.25, -0.2) is 0 Å². The predicted octanol–water partition coefficient (Wildman–Crippen LogP) is 6.51. The number of hydrogen-bond acceptors (Lipinski definition) is 3. The minimum absolute atomic E-state index is 0.462. The molecular formula is C26H24N2O. The van der Waals surface area contributed by atoms with Crippen LogP contribution in [0.3, 0.4) is 0 Å². The van der Waals surface area contributed by atoms with E-state index >= 15 is 0 Å². The molecule has 3 aromatic rings. The second kappa shape index (κ2) is 9.58. The van der Waals surface area contributed by atoms with Gasteiger partial charge < -0.3 is 4.74 Å². The van der Waals surface area contributed by atoms with Crippen molar-refractivity contribution >= 4 is 0 Å². The Balaban J connectivity index is 1.91. The van der Waals surface area contributed by atoms with Crippen LogP contribution < -0.4 is 4.74 Å². The van der Waals surface area contributed by atoms with E-state index in [2.05, 4.69) is 26.0 Å². The number of hydrogen-bond donors (Lipinski definition) is 0. The molecule has 0 aliphatic carbocycles. The van der Waals surface area contributed by atoms with Gasteiger partial charge in [0.05, 0.1) is 17.7 Å². The molecule has 0 N–H and O–H groups in total. The fourth-order valence-electron chi connectivity index (χ4n) is 3.41. The van der Waals surface area contributed by atoms with Crippen molar-refractivity contribution in [2.75, 3.05) is 6.61 Å². The summed E-state index contributed by atoms with van der Waals surface area (Å²) in [6.07, 6.45) is 2.73. The van der Waals surface area contributed by atoms with Crippen molar-refractivity contribution < 1.29 is 4.74 Å². The largest absolute Gasteiger partial charge is 0.494 e. The normalized spacial score (nSPS) is 10.2. The summed E-state index contributed by atoms with van der Waals surface area (Å²) in [6, 6.07) is 24.6. The van der Waals surface area contributed by atoms with E-state index in [1.165, 1.54) is 0 Å². The third-order valence-corrected chi connectivity index (χ3v) is 4.89. The van der Waals surface area contributed by atoms with Crippen molar-refractivity contribution in [1.29, 1.82) is 10.5 Å². The SMILES string of the molecule is CCCOc1ccc(-c2ccc(-c3ccc(CCC)c(C#N)c3C#N)cc2)cc1. The first-order chi connectivity index (χ1) is 14.2. The maximum absolute atomic E-state index is 9.69. The molecule has 0 aliphatic heterocycles. The first kappa shape index (κ1) is 20.2. The molecule has 0 amide bonds. The van der Waals surface area contributed by atoms with Crippen LogP contribution in [0.5, 0.6) is 5.75 Å². The standard InChI is InChI=1S/C26H24N2O/c1-3-5-21-12-15-24(26(18-28)25(21)17-27)22-8-6-19(7-9-22)20-10-13-23(14-11-20)29-16-4-2/h6-15H,3-5,16H2,1-2H3. The van der Waals surface area contributed by atoms with Gasteiger partial charge in [0.25, 0.3) is 0 Å². The summed E-state index contributed by atoms with van der Waals surface area (Å²) in [7, 11) is 0. The Morgan fingerprint density at radius 3 is 1.83 bits per heavy atom. The maximum Gasteiger partial charge on any atom is 0.119 e. The van der Waals surface area contributed by atoms with Gasteiger partial charge in [-0.1, -0.05) is 68.8 Å². The zero-order valence-electron chi connectivity index (χ0n) is 16.9. The first-order valence-electron chi connectivity index (χ1n) is 10.0. The molecule has 0 fully saturated rings. The summed E-state index contributed by atoms with van der Waals surface area (Å²) in [5.41, 5.74) is 5.85. The van der Waals surface area contributed by atoms with E-state index in [9.17, 15) is 10.5 Å². The molecule has 29 heavy (non-hydrogen) atoms. The van der Waals surface area contributed by atoms with Crippen LogP contribution in [0.2, 0.25) is 0 Å². The van der Waals surface area contributed by atoms with Crippen LogP contribution in [0.1, 0.15) is 43.4 Å². The number of aryl methyl sites for hydroxylation is 1. The number of benzene rings is 3. The molecular weight excluding hydrogens is 356 g/mol. The van der Waals surface area contributed by atoms with Gasteiger partial charge in [-0.2, -0.15) is 10.5 Å². The van der Waals surface area contributed by atoms with Crippen LogP contribution in [-0.4, -0.2) is 6.61 Å². The highest BCUT2D eigenvalue weighted by molar-refractivity contribution is 5.77. The van der Waals surface area contributed by atoms with Crippen molar-refractivity contribution in [3.05, 3.63) is 77.4 Å². The third kappa shape index (κ3) is 4.48. The van der Waals surface area contributed by atoms with E-state index in [0.29, 0.717) is 11.1 Å². The van der Waals surface area contributed by atoms with Gasteiger partial charge in [0.1, 0.15) is 17.9 Å². The quantitative estimate of drug-likeness (QED) is 0.470. The monoisotopic (exact) mass is 380 g/mol. The van der Waals surface area contributed by atoms with Crippen LogP contribution in [0.15, 0.2) is 60.7 Å². The molecule has 3 nitrogen and oxygen atoms in total. The van der Waals surface area contributed by atoms with Crippen LogP contribution in [0, 0.1) is 22.7 Å². The summed E-state index contributed by atoms with van der Waals surface area (Å²) < 4.78 is 5.64. The van der Waals surface area contributed by atoms with E-state index in [1.807, 2.05) is 60.7 Å². The lowest BCUT2D eigenvalue weighted by atomic mass is 9.91. The van der Waals surface area contributed by atoms with Gasteiger partial charge >= 0.3 is 0 Å². The van der Waals surface area contributed by atoms with Gasteiger partial charge in [-0.15, -0.1) is 0 Å². The topological polar surface area (TPSA) is 56.8 Å². The molecule has 3 aromatic carbocycles. The molecule has 144 valence electrons. The molecule has 3 heteroatoms. The molecule has 0 saturated heterocycles. The fourth-order valence-corrected chi connectivity index (χ4v) is 3.41. The zero-order chi connectivity index (χ0) is 20.6. The van der Waals surface area contributed by atoms with E-state index in [-0.39, 0.29) is 0 Å². The molecule has 0 atom stereocenters. The smallest absolute Gasteiger partial charge is 0.119 e. The average molecular weight is 380 g/mol. The average Bonchev–Trinajstić information content (AvgIpc) is 2.78. The lowest BCUT2D eigenvalue weighted by molar-refractivity contribution is 0.317. The second-order valence-corrected chi connectivity index (χ2v) is 6.95. The van der Waals surface area contributed by atoms with Crippen molar-refractivity contribution in [3.8, 4) is 40.1 Å². The predicted molar refractivity (Wildman–Crippen MR) is 117 cm³/mol. The highest BCUT2D eigenvalue weighted by Gasteiger charge is 2.14. The summed E-state index contributed by atoms with van der Waals surface area (Å²) in [6.45, 7) is 4.88. The Labute approximate surface area is 172 Å².